The molecule has 1 aliphatic rings. The van der Waals surface area contributed by atoms with Gasteiger partial charge in [-0.05, 0) is 37.1 Å². The molecular weight excluding hydrogens is 413 g/mol. The van der Waals surface area contributed by atoms with Crippen LogP contribution < -0.4 is 10.7 Å². The zero-order chi connectivity index (χ0) is 22.6. The second-order valence-electron chi connectivity index (χ2n) is 8.18. The summed E-state index contributed by atoms with van der Waals surface area (Å²) < 4.78 is 23.1. The number of esters is 1. The monoisotopic (exact) mass is 439 g/mol. The third-order valence-electron chi connectivity index (χ3n) is 5.54. The van der Waals surface area contributed by atoms with Crippen molar-refractivity contribution in [3.05, 3.63) is 76.0 Å². The van der Waals surface area contributed by atoms with E-state index in [4.69, 9.17) is 4.74 Å². The zero-order valence-electron chi connectivity index (χ0n) is 18.0. The number of benzene rings is 1. The maximum Gasteiger partial charge on any atom is 0.310 e. The molecule has 8 nitrogen and oxygen atoms in total. The van der Waals surface area contributed by atoms with Crippen molar-refractivity contribution in [2.24, 2.45) is 7.05 Å². The molecule has 1 N–H and O–H groups in total. The lowest BCUT2D eigenvalue weighted by Crippen LogP contribution is -2.42. The summed E-state index contributed by atoms with van der Waals surface area (Å²) in [6.07, 6.45) is 6.13. The number of nitrogens with zero attached hydrogens (tertiary/aromatic N) is 4. The van der Waals surface area contributed by atoms with E-state index in [0.29, 0.717) is 38.0 Å². The number of aryl methyl sites for hydroxylation is 1. The molecule has 1 aliphatic heterocycles. The molecule has 0 amide bonds. The highest BCUT2D eigenvalue weighted by atomic mass is 19.1. The van der Waals surface area contributed by atoms with Gasteiger partial charge in [0, 0.05) is 25.7 Å². The molecule has 0 aliphatic carbocycles. The normalized spacial score (nSPS) is 15.4. The Kier molecular flexibility index (Phi) is 6.45. The Balaban J connectivity index is 1.41. The minimum atomic E-state index is -1.45. The van der Waals surface area contributed by atoms with E-state index in [9.17, 15) is 14.0 Å². The number of aromatic nitrogens is 4. The highest BCUT2D eigenvalue weighted by Gasteiger charge is 2.33. The van der Waals surface area contributed by atoms with Crippen LogP contribution in [0.15, 0.2) is 53.7 Å². The molecule has 9 heteroatoms. The fraction of sp³-hybridized carbons (Fsp3) is 0.391. The third kappa shape index (κ3) is 5.47. The summed E-state index contributed by atoms with van der Waals surface area (Å²) in [5.41, 5.74) is 1.13. The quantitative estimate of drug-likeness (QED) is 0.564. The second kappa shape index (κ2) is 9.44. The number of carbonyl (C=O) groups excluding carboxylic acids is 1. The van der Waals surface area contributed by atoms with Gasteiger partial charge in [0.1, 0.15) is 23.7 Å². The van der Waals surface area contributed by atoms with E-state index in [2.05, 4.69) is 15.5 Å². The molecule has 0 radical (unpaired) electrons. The van der Waals surface area contributed by atoms with Crippen LogP contribution in [0.25, 0.3) is 5.69 Å². The molecule has 1 saturated heterocycles. The Labute approximate surface area is 185 Å². The average Bonchev–Trinajstić information content (AvgIpc) is 3.21. The number of piperidine rings is 1. The van der Waals surface area contributed by atoms with Crippen molar-refractivity contribution in [3.63, 3.8) is 0 Å². The molecule has 0 atom stereocenters. The molecular formula is C23H26FN5O3. The fourth-order valence-corrected chi connectivity index (χ4v) is 3.73. The predicted molar refractivity (Wildman–Crippen MR) is 116 cm³/mol. The second-order valence-corrected chi connectivity index (χ2v) is 8.18. The van der Waals surface area contributed by atoms with E-state index in [1.807, 2.05) is 31.3 Å². The Morgan fingerprint density at radius 2 is 2.03 bits per heavy atom. The Morgan fingerprint density at radius 3 is 2.78 bits per heavy atom. The molecule has 1 fully saturated rings. The van der Waals surface area contributed by atoms with Crippen LogP contribution in [-0.2, 0) is 29.4 Å². The topological polar surface area (TPSA) is 91.0 Å². The number of rotatable bonds is 7. The van der Waals surface area contributed by atoms with E-state index in [1.54, 1.807) is 28.0 Å². The van der Waals surface area contributed by atoms with Gasteiger partial charge in [-0.1, -0.05) is 24.3 Å². The average molecular weight is 439 g/mol. The standard InChI is InChI=1S/C23H26FN5O3/c1-28-15-19(14-26-28)29-10-5-21(30)20(27-29)12-17-3-2-4-18(11-17)13-22(31)32-16-23(24)6-8-25-9-7-23/h2-5,10-11,14-15,25H,6-9,12-13,16H2,1H3. The van der Waals surface area contributed by atoms with Gasteiger partial charge in [0.05, 0.1) is 18.8 Å². The zero-order valence-corrected chi connectivity index (χ0v) is 18.0. The summed E-state index contributed by atoms with van der Waals surface area (Å²) in [6.45, 7) is 0.966. The molecule has 1 aromatic carbocycles. The number of nitrogens with one attached hydrogen (secondary N) is 1. The van der Waals surface area contributed by atoms with Crippen LogP contribution in [0.3, 0.4) is 0 Å². The highest BCUT2D eigenvalue weighted by Crippen LogP contribution is 2.23. The van der Waals surface area contributed by atoms with Gasteiger partial charge in [0.2, 0.25) is 5.43 Å². The van der Waals surface area contributed by atoms with Crippen LogP contribution in [-0.4, -0.2) is 50.9 Å². The van der Waals surface area contributed by atoms with Crippen molar-refractivity contribution in [1.82, 2.24) is 24.9 Å². The summed E-state index contributed by atoms with van der Waals surface area (Å²) in [6, 6.07) is 8.84. The van der Waals surface area contributed by atoms with E-state index in [-0.39, 0.29) is 18.5 Å². The van der Waals surface area contributed by atoms with Gasteiger partial charge < -0.3 is 10.1 Å². The van der Waals surface area contributed by atoms with Crippen molar-refractivity contribution in [3.8, 4) is 5.69 Å². The van der Waals surface area contributed by atoms with Crippen LogP contribution >= 0.6 is 0 Å². The van der Waals surface area contributed by atoms with Crippen LogP contribution in [0.2, 0.25) is 0 Å². The minimum Gasteiger partial charge on any atom is -0.462 e. The Bertz CT molecular complexity index is 1150. The molecule has 0 spiro atoms. The molecule has 2 aromatic heterocycles. The molecule has 3 aromatic rings. The van der Waals surface area contributed by atoms with Gasteiger partial charge in [-0.25, -0.2) is 9.07 Å². The first-order valence-corrected chi connectivity index (χ1v) is 10.6. The van der Waals surface area contributed by atoms with Crippen LogP contribution in [0.1, 0.15) is 29.7 Å². The lowest BCUT2D eigenvalue weighted by molar-refractivity contribution is -0.148. The van der Waals surface area contributed by atoms with Gasteiger partial charge in [-0.15, -0.1) is 0 Å². The maximum absolute atomic E-state index is 14.6. The Morgan fingerprint density at radius 1 is 1.25 bits per heavy atom. The minimum absolute atomic E-state index is 0.0459. The van der Waals surface area contributed by atoms with Crippen molar-refractivity contribution in [2.75, 3.05) is 19.7 Å². The summed E-state index contributed by atoms with van der Waals surface area (Å²) in [7, 11) is 1.81. The van der Waals surface area contributed by atoms with Crippen molar-refractivity contribution < 1.29 is 13.9 Å². The number of alkyl halides is 1. The van der Waals surface area contributed by atoms with E-state index in [0.717, 1.165) is 16.8 Å². The van der Waals surface area contributed by atoms with Crippen LogP contribution in [0.4, 0.5) is 4.39 Å². The number of hydrogen-bond acceptors (Lipinski definition) is 6. The number of carbonyl (C=O) groups is 1. The van der Waals surface area contributed by atoms with Crippen molar-refractivity contribution >= 4 is 5.97 Å². The van der Waals surface area contributed by atoms with Crippen molar-refractivity contribution in [1.29, 1.82) is 0 Å². The number of hydrogen-bond donors (Lipinski definition) is 1. The van der Waals surface area contributed by atoms with E-state index < -0.39 is 11.6 Å². The van der Waals surface area contributed by atoms with Gasteiger partial charge in [0.15, 0.2) is 0 Å². The molecule has 3 heterocycles. The predicted octanol–water partition coefficient (Wildman–Crippen LogP) is 1.73. The third-order valence-corrected chi connectivity index (χ3v) is 5.54. The SMILES string of the molecule is Cn1cc(-n2ccc(=O)c(Cc3cccc(CC(=O)OCC4(F)CCNCC4)c3)n2)cn1. The molecule has 0 unspecified atom stereocenters. The van der Waals surface area contributed by atoms with Gasteiger partial charge in [-0.2, -0.15) is 10.2 Å². The summed E-state index contributed by atoms with van der Waals surface area (Å²) in [5, 5.41) is 11.7. The number of ether oxygens (including phenoxy) is 1. The van der Waals surface area contributed by atoms with Gasteiger partial charge in [0.25, 0.3) is 0 Å². The number of halogens is 1. The summed E-state index contributed by atoms with van der Waals surface area (Å²) >= 11 is 0. The molecule has 4 rings (SSSR count). The largest absolute Gasteiger partial charge is 0.462 e. The van der Waals surface area contributed by atoms with E-state index >= 15 is 0 Å². The van der Waals surface area contributed by atoms with Crippen LogP contribution in [0, 0.1) is 0 Å². The smallest absolute Gasteiger partial charge is 0.310 e. The lowest BCUT2D eigenvalue weighted by Gasteiger charge is -2.29. The van der Waals surface area contributed by atoms with Crippen LogP contribution in [0.5, 0.6) is 0 Å². The lowest BCUT2D eigenvalue weighted by atomic mass is 9.95. The highest BCUT2D eigenvalue weighted by molar-refractivity contribution is 5.72. The molecule has 168 valence electrons. The summed E-state index contributed by atoms with van der Waals surface area (Å²) in [4.78, 5) is 24.6. The first kappa shape index (κ1) is 21.9. The van der Waals surface area contributed by atoms with Crippen molar-refractivity contribution in [2.45, 2.75) is 31.4 Å². The fourth-order valence-electron chi connectivity index (χ4n) is 3.73. The molecule has 0 bridgehead atoms. The van der Waals surface area contributed by atoms with Gasteiger partial charge in [-0.3, -0.25) is 14.3 Å². The molecule has 32 heavy (non-hydrogen) atoms. The van der Waals surface area contributed by atoms with E-state index in [1.165, 1.54) is 6.07 Å². The maximum atomic E-state index is 14.6. The first-order chi connectivity index (χ1) is 15.4. The Hall–Kier alpha value is -3.33. The first-order valence-electron chi connectivity index (χ1n) is 10.6. The molecule has 0 saturated carbocycles. The van der Waals surface area contributed by atoms with Gasteiger partial charge >= 0.3 is 5.97 Å². The summed E-state index contributed by atoms with van der Waals surface area (Å²) in [5.74, 6) is -0.463.